The Labute approximate surface area is 198 Å². The molecule has 2 aliphatic rings. The van der Waals surface area contributed by atoms with E-state index in [9.17, 15) is 4.79 Å². The van der Waals surface area contributed by atoms with Crippen LogP contribution in [0.25, 0.3) is 10.1 Å². The summed E-state index contributed by atoms with van der Waals surface area (Å²) >= 11 is 1.52. The molecule has 2 aliphatic heterocycles. The van der Waals surface area contributed by atoms with Crippen molar-refractivity contribution in [1.29, 1.82) is 0 Å². The van der Waals surface area contributed by atoms with E-state index in [1.165, 1.54) is 22.5 Å². The number of ether oxygens (including phenoxy) is 2. The molecule has 0 bridgehead atoms. The molecule has 0 atom stereocenters. The summed E-state index contributed by atoms with van der Waals surface area (Å²) in [4.78, 5) is 16.5. The molecule has 1 aromatic heterocycles. The average molecular weight is 467 g/mol. The lowest BCUT2D eigenvalue weighted by Crippen LogP contribution is -2.46. The largest absolute Gasteiger partial charge is 0.495 e. The molecule has 2 aromatic carbocycles. The number of rotatable bonds is 8. The lowest BCUT2D eigenvalue weighted by Gasteiger charge is -2.35. The summed E-state index contributed by atoms with van der Waals surface area (Å²) in [6.45, 7) is 5.87. The number of fused-ring (bicyclic) bond motifs is 2. The molecule has 174 valence electrons. The maximum Gasteiger partial charge on any atom is 0.224 e. The first-order valence-corrected chi connectivity index (χ1v) is 12.4. The van der Waals surface area contributed by atoms with Crippen LogP contribution in [0.2, 0.25) is 0 Å². The molecule has 1 fully saturated rings. The van der Waals surface area contributed by atoms with Gasteiger partial charge < -0.3 is 19.7 Å². The smallest absolute Gasteiger partial charge is 0.224 e. The number of unbranched alkanes of at least 4 members (excludes halogenated alkanes) is 1. The highest BCUT2D eigenvalue weighted by Gasteiger charge is 2.21. The van der Waals surface area contributed by atoms with Crippen LogP contribution in [-0.4, -0.2) is 61.6 Å². The summed E-state index contributed by atoms with van der Waals surface area (Å²) in [6.07, 6.45) is 3.50. The van der Waals surface area contributed by atoms with Gasteiger partial charge in [0, 0.05) is 49.7 Å². The third kappa shape index (κ3) is 4.91. The standard InChI is InChI=1S/C25H30N4O3S/c1-31-22-6-4-5-20-24(22)33-27-25(20)29-14-12-28(13-15-29)11-2-3-16-32-19-9-7-18-8-10-23(30)26-21(18)17-19/h4-7,9,17H,2-3,8,10-16H2,1H3,(H,26,30). The molecule has 1 N–H and O–H groups in total. The molecule has 7 nitrogen and oxygen atoms in total. The molecule has 5 rings (SSSR count). The fourth-order valence-electron chi connectivity index (χ4n) is 4.56. The van der Waals surface area contributed by atoms with Crippen molar-refractivity contribution in [3.63, 3.8) is 0 Å². The van der Waals surface area contributed by atoms with Crippen molar-refractivity contribution in [2.45, 2.75) is 25.7 Å². The fraction of sp³-hybridized carbons (Fsp3) is 0.440. The number of methoxy groups -OCH3 is 1. The number of aryl methyl sites for hydroxylation is 1. The number of piperazine rings is 1. The Morgan fingerprint density at radius 2 is 1.97 bits per heavy atom. The zero-order valence-corrected chi connectivity index (χ0v) is 19.8. The highest BCUT2D eigenvalue weighted by molar-refractivity contribution is 7.14. The number of nitrogens with one attached hydrogen (secondary N) is 1. The maximum atomic E-state index is 11.6. The quantitative estimate of drug-likeness (QED) is 0.503. The van der Waals surface area contributed by atoms with Crippen LogP contribution < -0.4 is 19.7 Å². The Balaban J connectivity index is 1.04. The molecular weight excluding hydrogens is 436 g/mol. The summed E-state index contributed by atoms with van der Waals surface area (Å²) in [5, 5.41) is 4.12. The van der Waals surface area contributed by atoms with Crippen molar-refractivity contribution < 1.29 is 14.3 Å². The van der Waals surface area contributed by atoms with Crippen LogP contribution in [0.5, 0.6) is 11.5 Å². The highest BCUT2D eigenvalue weighted by Crippen LogP contribution is 2.36. The van der Waals surface area contributed by atoms with E-state index >= 15 is 0 Å². The first kappa shape index (κ1) is 22.0. The van der Waals surface area contributed by atoms with Crippen molar-refractivity contribution in [3.05, 3.63) is 42.0 Å². The summed E-state index contributed by atoms with van der Waals surface area (Å²) in [5.74, 6) is 2.90. The number of carbonyl (C=O) groups excluding carboxylic acids is 1. The molecule has 1 amide bonds. The predicted octanol–water partition coefficient (Wildman–Crippen LogP) is 4.17. The lowest BCUT2D eigenvalue weighted by atomic mass is 10.0. The molecule has 0 radical (unpaired) electrons. The molecule has 1 saturated heterocycles. The van der Waals surface area contributed by atoms with Gasteiger partial charge in [0.2, 0.25) is 5.91 Å². The molecule has 0 aliphatic carbocycles. The van der Waals surface area contributed by atoms with Crippen LogP contribution in [0.3, 0.4) is 0 Å². The van der Waals surface area contributed by atoms with Crippen LogP contribution in [0.1, 0.15) is 24.8 Å². The summed E-state index contributed by atoms with van der Waals surface area (Å²) in [5.41, 5.74) is 2.08. The molecular formula is C25H30N4O3S. The Bertz CT molecular complexity index is 1120. The SMILES string of the molecule is COc1cccc2c(N3CCN(CCCCOc4ccc5c(c4)NC(=O)CC5)CC3)nsc12. The summed E-state index contributed by atoms with van der Waals surface area (Å²) in [7, 11) is 1.71. The van der Waals surface area contributed by atoms with Crippen LogP contribution in [0.4, 0.5) is 11.5 Å². The first-order chi connectivity index (χ1) is 16.2. The van der Waals surface area contributed by atoms with Gasteiger partial charge in [-0.05, 0) is 61.1 Å². The van der Waals surface area contributed by atoms with Crippen LogP contribution >= 0.6 is 11.5 Å². The lowest BCUT2D eigenvalue weighted by molar-refractivity contribution is -0.116. The van der Waals surface area contributed by atoms with Gasteiger partial charge in [-0.15, -0.1) is 0 Å². The molecule has 0 spiro atoms. The van der Waals surface area contributed by atoms with Crippen LogP contribution in [0, 0.1) is 0 Å². The monoisotopic (exact) mass is 466 g/mol. The van der Waals surface area contributed by atoms with Crippen molar-refractivity contribution in [2.24, 2.45) is 0 Å². The Morgan fingerprint density at radius 3 is 2.82 bits per heavy atom. The second-order valence-corrected chi connectivity index (χ2v) is 9.37. The predicted molar refractivity (Wildman–Crippen MR) is 133 cm³/mol. The number of benzene rings is 2. The topological polar surface area (TPSA) is 66.9 Å². The Hall–Kier alpha value is -2.84. The van der Waals surface area contributed by atoms with Crippen molar-refractivity contribution in [1.82, 2.24) is 9.27 Å². The highest BCUT2D eigenvalue weighted by atomic mass is 32.1. The number of aromatic nitrogens is 1. The molecule has 8 heteroatoms. The third-order valence-corrected chi connectivity index (χ3v) is 7.32. The second-order valence-electron chi connectivity index (χ2n) is 8.59. The van der Waals surface area contributed by atoms with E-state index in [0.717, 1.165) is 79.7 Å². The van der Waals surface area contributed by atoms with E-state index in [4.69, 9.17) is 13.8 Å². The number of hydrogen-bond acceptors (Lipinski definition) is 7. The van der Waals surface area contributed by atoms with Gasteiger partial charge in [0.15, 0.2) is 0 Å². The number of nitrogens with zero attached hydrogens (tertiary/aromatic N) is 3. The van der Waals surface area contributed by atoms with Gasteiger partial charge >= 0.3 is 0 Å². The molecule has 0 saturated carbocycles. The number of anilines is 2. The molecule has 33 heavy (non-hydrogen) atoms. The van der Waals surface area contributed by atoms with Gasteiger partial charge in [0.25, 0.3) is 0 Å². The van der Waals surface area contributed by atoms with E-state index in [0.29, 0.717) is 13.0 Å². The Kier molecular flexibility index (Phi) is 6.64. The average Bonchev–Trinajstić information content (AvgIpc) is 3.28. The normalized spacial score (nSPS) is 16.5. The first-order valence-electron chi connectivity index (χ1n) is 11.7. The summed E-state index contributed by atoms with van der Waals surface area (Å²) in [6, 6.07) is 12.2. The third-order valence-electron chi connectivity index (χ3n) is 6.45. The van der Waals surface area contributed by atoms with Gasteiger partial charge in [-0.3, -0.25) is 9.69 Å². The van der Waals surface area contributed by atoms with Gasteiger partial charge in [-0.25, -0.2) is 0 Å². The number of carbonyl (C=O) groups is 1. The van der Waals surface area contributed by atoms with E-state index in [1.54, 1.807) is 7.11 Å². The minimum absolute atomic E-state index is 0.0856. The van der Waals surface area contributed by atoms with Crippen molar-refractivity contribution >= 4 is 39.0 Å². The zero-order chi connectivity index (χ0) is 22.6. The molecule has 0 unspecified atom stereocenters. The van der Waals surface area contributed by atoms with E-state index in [1.807, 2.05) is 24.3 Å². The fourth-order valence-corrected chi connectivity index (χ4v) is 5.45. The van der Waals surface area contributed by atoms with Gasteiger partial charge in [0.05, 0.1) is 18.4 Å². The Morgan fingerprint density at radius 1 is 1.09 bits per heavy atom. The zero-order valence-electron chi connectivity index (χ0n) is 19.0. The summed E-state index contributed by atoms with van der Waals surface area (Å²) < 4.78 is 17.3. The van der Waals surface area contributed by atoms with E-state index in [2.05, 4.69) is 27.2 Å². The van der Waals surface area contributed by atoms with Gasteiger partial charge in [-0.1, -0.05) is 12.1 Å². The number of amides is 1. The van der Waals surface area contributed by atoms with Crippen molar-refractivity contribution in [3.8, 4) is 11.5 Å². The van der Waals surface area contributed by atoms with Crippen LogP contribution in [0.15, 0.2) is 36.4 Å². The van der Waals surface area contributed by atoms with Crippen LogP contribution in [-0.2, 0) is 11.2 Å². The maximum absolute atomic E-state index is 11.6. The second kappa shape index (κ2) is 9.97. The minimum atomic E-state index is 0.0856. The van der Waals surface area contributed by atoms with Crippen molar-refractivity contribution in [2.75, 3.05) is 56.7 Å². The van der Waals surface area contributed by atoms with E-state index < -0.39 is 0 Å². The number of hydrogen-bond donors (Lipinski definition) is 1. The molecule has 3 aromatic rings. The minimum Gasteiger partial charge on any atom is -0.495 e. The molecule has 3 heterocycles. The van der Waals surface area contributed by atoms with Gasteiger partial charge in [0.1, 0.15) is 17.3 Å². The van der Waals surface area contributed by atoms with Gasteiger partial charge in [-0.2, -0.15) is 4.37 Å². The van der Waals surface area contributed by atoms with E-state index in [-0.39, 0.29) is 5.91 Å².